The van der Waals surface area contributed by atoms with Gasteiger partial charge in [0.15, 0.2) is 0 Å². The van der Waals surface area contributed by atoms with Crippen molar-refractivity contribution in [3.05, 3.63) is 24.3 Å². The highest BCUT2D eigenvalue weighted by Crippen LogP contribution is 2.14. The van der Waals surface area contributed by atoms with E-state index in [1.807, 2.05) is 0 Å². The van der Waals surface area contributed by atoms with Crippen molar-refractivity contribution in [2.24, 2.45) is 5.73 Å². The fourth-order valence-corrected chi connectivity index (χ4v) is 0.691. The van der Waals surface area contributed by atoms with E-state index in [2.05, 4.69) is 9.97 Å². The van der Waals surface area contributed by atoms with Crippen LogP contribution in [0.4, 0.5) is 0 Å². The van der Waals surface area contributed by atoms with Crippen LogP contribution in [0.2, 0.25) is 0 Å². The molecule has 0 aromatic carbocycles. The SMILES string of the molecule is C[C@@](N)(C(=O)O)c1cncnc1. The third kappa shape index (κ3) is 1.40. The van der Waals surface area contributed by atoms with E-state index in [0.717, 1.165) is 0 Å². The molecule has 0 aliphatic heterocycles. The Hall–Kier alpha value is -1.49. The molecule has 0 unspecified atom stereocenters. The van der Waals surface area contributed by atoms with Crippen molar-refractivity contribution in [1.29, 1.82) is 0 Å². The first-order valence-corrected chi connectivity index (χ1v) is 3.33. The molecule has 0 saturated heterocycles. The second kappa shape index (κ2) is 2.86. The maximum atomic E-state index is 10.6. The highest BCUT2D eigenvalue weighted by Gasteiger charge is 2.30. The van der Waals surface area contributed by atoms with Gasteiger partial charge >= 0.3 is 5.97 Å². The summed E-state index contributed by atoms with van der Waals surface area (Å²) in [5.74, 6) is -1.10. The van der Waals surface area contributed by atoms with Crippen LogP contribution in [0, 0.1) is 0 Å². The van der Waals surface area contributed by atoms with Crippen molar-refractivity contribution >= 4 is 5.97 Å². The van der Waals surface area contributed by atoms with Gasteiger partial charge in [-0.05, 0) is 6.92 Å². The van der Waals surface area contributed by atoms with Crippen LogP contribution in [-0.2, 0) is 10.3 Å². The molecule has 5 nitrogen and oxygen atoms in total. The van der Waals surface area contributed by atoms with Gasteiger partial charge in [-0.25, -0.2) is 14.8 Å². The Labute approximate surface area is 69.3 Å². The minimum absolute atomic E-state index is 0.387. The Bertz CT molecular complexity index is 284. The van der Waals surface area contributed by atoms with Gasteiger partial charge in [0.2, 0.25) is 0 Å². The Morgan fingerprint density at radius 2 is 2.08 bits per heavy atom. The molecule has 1 aromatic rings. The predicted octanol–water partition coefficient (Wildman–Crippen LogP) is -0.265. The number of aliphatic carboxylic acids is 1. The summed E-state index contributed by atoms with van der Waals surface area (Å²) in [7, 11) is 0. The minimum Gasteiger partial charge on any atom is -0.480 e. The second-order valence-electron chi connectivity index (χ2n) is 2.63. The molecule has 12 heavy (non-hydrogen) atoms. The molecule has 0 aliphatic rings. The molecule has 0 amide bonds. The molecule has 1 aromatic heterocycles. The smallest absolute Gasteiger partial charge is 0.328 e. The molecule has 1 rings (SSSR count). The van der Waals surface area contributed by atoms with Crippen LogP contribution in [0.1, 0.15) is 12.5 Å². The summed E-state index contributed by atoms with van der Waals surface area (Å²) in [5, 5.41) is 8.71. The van der Waals surface area contributed by atoms with E-state index in [9.17, 15) is 4.79 Å². The first kappa shape index (κ1) is 8.61. The third-order valence-corrected chi connectivity index (χ3v) is 1.60. The van der Waals surface area contributed by atoms with Gasteiger partial charge in [0.05, 0.1) is 0 Å². The van der Waals surface area contributed by atoms with E-state index in [4.69, 9.17) is 10.8 Å². The molecule has 0 saturated carbocycles. The summed E-state index contributed by atoms with van der Waals surface area (Å²) < 4.78 is 0. The quantitative estimate of drug-likeness (QED) is 0.633. The Kier molecular flexibility index (Phi) is 2.05. The lowest BCUT2D eigenvalue weighted by Crippen LogP contribution is -2.41. The number of nitrogens with two attached hydrogens (primary N) is 1. The highest BCUT2D eigenvalue weighted by atomic mass is 16.4. The Morgan fingerprint density at radius 3 is 2.50 bits per heavy atom. The molecule has 1 atom stereocenters. The van der Waals surface area contributed by atoms with E-state index >= 15 is 0 Å². The van der Waals surface area contributed by atoms with Gasteiger partial charge in [-0.1, -0.05) is 0 Å². The van der Waals surface area contributed by atoms with Gasteiger partial charge in [0, 0.05) is 18.0 Å². The van der Waals surface area contributed by atoms with Crippen LogP contribution >= 0.6 is 0 Å². The lowest BCUT2D eigenvalue weighted by Gasteiger charge is -2.17. The monoisotopic (exact) mass is 167 g/mol. The number of carbonyl (C=O) groups is 1. The highest BCUT2D eigenvalue weighted by molar-refractivity contribution is 5.79. The number of hydrogen-bond acceptors (Lipinski definition) is 4. The average Bonchev–Trinajstić information content (AvgIpc) is 2.06. The number of carboxylic acids is 1. The first-order valence-electron chi connectivity index (χ1n) is 3.33. The van der Waals surface area contributed by atoms with Gasteiger partial charge in [0.1, 0.15) is 11.9 Å². The average molecular weight is 167 g/mol. The van der Waals surface area contributed by atoms with Crippen LogP contribution in [0.5, 0.6) is 0 Å². The first-order chi connectivity index (χ1) is 5.55. The van der Waals surface area contributed by atoms with Gasteiger partial charge in [0.25, 0.3) is 0 Å². The summed E-state index contributed by atoms with van der Waals surface area (Å²) in [4.78, 5) is 18.0. The normalized spacial score (nSPS) is 15.2. The van der Waals surface area contributed by atoms with Crippen LogP contribution in [-0.4, -0.2) is 21.0 Å². The lowest BCUT2D eigenvalue weighted by molar-refractivity contribution is -0.143. The molecule has 0 bridgehead atoms. The topological polar surface area (TPSA) is 89.1 Å². The summed E-state index contributed by atoms with van der Waals surface area (Å²) in [6.45, 7) is 1.40. The van der Waals surface area contributed by atoms with Crippen molar-refractivity contribution in [1.82, 2.24) is 9.97 Å². The van der Waals surface area contributed by atoms with E-state index in [1.54, 1.807) is 0 Å². The molecular formula is C7H9N3O2. The maximum Gasteiger partial charge on any atom is 0.328 e. The number of hydrogen-bond donors (Lipinski definition) is 2. The molecule has 3 N–H and O–H groups in total. The Morgan fingerprint density at radius 1 is 1.58 bits per heavy atom. The molecular weight excluding hydrogens is 158 g/mol. The van der Waals surface area contributed by atoms with E-state index in [0.29, 0.717) is 5.56 Å². The standard InChI is InChI=1S/C7H9N3O2/c1-7(8,6(11)12)5-2-9-4-10-3-5/h2-4H,8H2,1H3,(H,11,12)/t7-/m0/s1. The molecule has 64 valence electrons. The molecule has 0 fully saturated rings. The largest absolute Gasteiger partial charge is 0.480 e. The second-order valence-corrected chi connectivity index (χ2v) is 2.63. The number of nitrogens with zero attached hydrogens (tertiary/aromatic N) is 2. The predicted molar refractivity (Wildman–Crippen MR) is 41.2 cm³/mol. The van der Waals surface area contributed by atoms with Crippen LogP contribution in [0.15, 0.2) is 18.7 Å². The van der Waals surface area contributed by atoms with Crippen molar-refractivity contribution in [3.63, 3.8) is 0 Å². The van der Waals surface area contributed by atoms with Crippen molar-refractivity contribution in [3.8, 4) is 0 Å². The van der Waals surface area contributed by atoms with Gasteiger partial charge in [-0.3, -0.25) is 0 Å². The fourth-order valence-electron chi connectivity index (χ4n) is 0.691. The minimum atomic E-state index is -1.42. The summed E-state index contributed by atoms with van der Waals surface area (Å²) in [5.41, 5.74) is 4.47. The molecule has 0 radical (unpaired) electrons. The molecule has 1 heterocycles. The zero-order chi connectivity index (χ0) is 9.19. The fraction of sp³-hybridized carbons (Fsp3) is 0.286. The zero-order valence-electron chi connectivity index (χ0n) is 6.56. The van der Waals surface area contributed by atoms with Crippen LogP contribution in [0.25, 0.3) is 0 Å². The zero-order valence-corrected chi connectivity index (χ0v) is 6.56. The van der Waals surface area contributed by atoms with Gasteiger partial charge in [-0.15, -0.1) is 0 Å². The van der Waals surface area contributed by atoms with Gasteiger partial charge in [-0.2, -0.15) is 0 Å². The number of aromatic nitrogens is 2. The van der Waals surface area contributed by atoms with Crippen molar-refractivity contribution in [2.45, 2.75) is 12.5 Å². The summed E-state index contributed by atoms with van der Waals surface area (Å²) in [6.07, 6.45) is 4.10. The van der Waals surface area contributed by atoms with Gasteiger partial charge < -0.3 is 10.8 Å². The summed E-state index contributed by atoms with van der Waals surface area (Å²) in [6, 6.07) is 0. The van der Waals surface area contributed by atoms with E-state index < -0.39 is 11.5 Å². The van der Waals surface area contributed by atoms with Crippen LogP contribution < -0.4 is 5.73 Å². The van der Waals surface area contributed by atoms with Crippen molar-refractivity contribution < 1.29 is 9.90 Å². The molecule has 5 heteroatoms. The summed E-state index contributed by atoms with van der Waals surface area (Å²) >= 11 is 0. The number of rotatable bonds is 2. The van der Waals surface area contributed by atoms with Crippen LogP contribution in [0.3, 0.4) is 0 Å². The third-order valence-electron chi connectivity index (χ3n) is 1.60. The molecule has 0 aliphatic carbocycles. The molecule has 0 spiro atoms. The van der Waals surface area contributed by atoms with E-state index in [-0.39, 0.29) is 0 Å². The van der Waals surface area contributed by atoms with Crippen molar-refractivity contribution in [2.75, 3.05) is 0 Å². The Balaban J connectivity index is 3.06. The lowest BCUT2D eigenvalue weighted by atomic mass is 9.97. The number of carboxylic acid groups (broad SMARTS) is 1. The van der Waals surface area contributed by atoms with E-state index in [1.165, 1.54) is 25.6 Å². The maximum absolute atomic E-state index is 10.6.